The van der Waals surface area contributed by atoms with Gasteiger partial charge in [0.15, 0.2) is 5.82 Å². The monoisotopic (exact) mass is 258 g/mol. The number of hydrogen-bond donors (Lipinski definition) is 2. The fourth-order valence-corrected chi connectivity index (χ4v) is 1.64. The van der Waals surface area contributed by atoms with Gasteiger partial charge >= 0.3 is 0 Å². The second-order valence-corrected chi connectivity index (χ2v) is 4.38. The van der Waals surface area contributed by atoms with Gasteiger partial charge in [-0.2, -0.15) is 0 Å². The minimum atomic E-state index is -0.673. The van der Waals surface area contributed by atoms with Crippen LogP contribution in [-0.4, -0.2) is 26.0 Å². The first-order valence-corrected chi connectivity index (χ1v) is 5.81. The number of rotatable bonds is 5. The van der Waals surface area contributed by atoms with Crippen LogP contribution in [0.3, 0.4) is 0 Å². The van der Waals surface area contributed by atoms with E-state index in [2.05, 4.69) is 10.6 Å². The van der Waals surface area contributed by atoms with E-state index in [1.165, 1.54) is 12.1 Å². The second kappa shape index (κ2) is 6.57. The highest BCUT2D eigenvalue weighted by atomic mass is 35.5. The maximum Gasteiger partial charge on any atom is 0.254 e. The van der Waals surface area contributed by atoms with Gasteiger partial charge in [0, 0.05) is 6.54 Å². The van der Waals surface area contributed by atoms with Gasteiger partial charge in [-0.05, 0) is 31.6 Å². The normalized spacial score (nSPS) is 12.2. The van der Waals surface area contributed by atoms with Gasteiger partial charge in [0.05, 0.1) is 10.6 Å². The van der Waals surface area contributed by atoms with Crippen molar-refractivity contribution in [1.29, 1.82) is 0 Å². The van der Waals surface area contributed by atoms with Crippen molar-refractivity contribution in [3.8, 4) is 0 Å². The van der Waals surface area contributed by atoms with Crippen LogP contribution in [0.2, 0.25) is 5.02 Å². The van der Waals surface area contributed by atoms with Gasteiger partial charge in [0.1, 0.15) is 0 Å². The van der Waals surface area contributed by atoms with Crippen molar-refractivity contribution in [3.05, 3.63) is 34.6 Å². The van der Waals surface area contributed by atoms with Gasteiger partial charge in [-0.1, -0.05) is 24.6 Å². The Kier molecular flexibility index (Phi) is 5.38. The Morgan fingerprint density at radius 3 is 2.82 bits per heavy atom. The van der Waals surface area contributed by atoms with Gasteiger partial charge in [0.25, 0.3) is 5.91 Å². The Labute approximate surface area is 105 Å². The van der Waals surface area contributed by atoms with E-state index >= 15 is 0 Å². The number of carbonyl (C=O) groups is 1. The van der Waals surface area contributed by atoms with Crippen LogP contribution in [0.1, 0.15) is 17.3 Å². The molecule has 17 heavy (non-hydrogen) atoms. The van der Waals surface area contributed by atoms with Crippen LogP contribution in [0.25, 0.3) is 0 Å². The summed E-state index contributed by atoms with van der Waals surface area (Å²) in [6.07, 6.45) is 0. The molecule has 0 radical (unpaired) electrons. The Morgan fingerprint density at radius 2 is 2.18 bits per heavy atom. The highest BCUT2D eigenvalue weighted by molar-refractivity contribution is 6.31. The molecule has 2 N–H and O–H groups in total. The molecule has 0 aliphatic heterocycles. The fraction of sp³-hybridized carbons (Fsp3) is 0.417. The summed E-state index contributed by atoms with van der Waals surface area (Å²) in [5.41, 5.74) is -0.0193. The highest BCUT2D eigenvalue weighted by Gasteiger charge is 2.14. The summed E-state index contributed by atoms with van der Waals surface area (Å²) in [5.74, 6) is -0.827. The number of hydrogen-bond acceptors (Lipinski definition) is 2. The lowest BCUT2D eigenvalue weighted by molar-refractivity contribution is 0.0944. The van der Waals surface area contributed by atoms with Crippen LogP contribution in [-0.2, 0) is 0 Å². The van der Waals surface area contributed by atoms with Crippen molar-refractivity contribution in [2.75, 3.05) is 20.1 Å². The molecule has 0 aliphatic rings. The summed E-state index contributed by atoms with van der Waals surface area (Å²) in [6, 6.07) is 4.38. The van der Waals surface area contributed by atoms with Crippen LogP contribution >= 0.6 is 11.6 Å². The third-order valence-electron chi connectivity index (χ3n) is 2.36. The lowest BCUT2D eigenvalue weighted by Crippen LogP contribution is -2.32. The Balaban J connectivity index is 2.61. The van der Waals surface area contributed by atoms with E-state index in [0.717, 1.165) is 6.54 Å². The van der Waals surface area contributed by atoms with Crippen LogP contribution in [0.4, 0.5) is 4.39 Å². The molecule has 1 rings (SSSR count). The molecule has 0 saturated carbocycles. The van der Waals surface area contributed by atoms with Gasteiger partial charge in [0.2, 0.25) is 0 Å². The minimum absolute atomic E-state index is 0.0193. The lowest BCUT2D eigenvalue weighted by Gasteiger charge is -2.12. The molecule has 1 amide bonds. The van der Waals surface area contributed by atoms with E-state index < -0.39 is 11.7 Å². The molecule has 1 unspecified atom stereocenters. The third-order valence-corrected chi connectivity index (χ3v) is 2.65. The number of nitrogens with one attached hydrogen (secondary N) is 2. The number of carbonyl (C=O) groups excluding carboxylic acids is 1. The summed E-state index contributed by atoms with van der Waals surface area (Å²) in [4.78, 5) is 11.7. The van der Waals surface area contributed by atoms with Gasteiger partial charge in [-0.15, -0.1) is 0 Å². The van der Waals surface area contributed by atoms with Crippen molar-refractivity contribution in [1.82, 2.24) is 10.6 Å². The summed E-state index contributed by atoms with van der Waals surface area (Å²) in [5, 5.41) is 5.64. The Hall–Kier alpha value is -1.13. The van der Waals surface area contributed by atoms with Gasteiger partial charge in [-0.25, -0.2) is 4.39 Å². The van der Waals surface area contributed by atoms with E-state index in [-0.39, 0.29) is 16.5 Å². The van der Waals surface area contributed by atoms with E-state index in [9.17, 15) is 9.18 Å². The van der Waals surface area contributed by atoms with E-state index in [1.54, 1.807) is 6.07 Å². The molecule has 0 heterocycles. The minimum Gasteiger partial charge on any atom is -0.352 e. The fourth-order valence-electron chi connectivity index (χ4n) is 1.46. The topological polar surface area (TPSA) is 41.1 Å². The maximum atomic E-state index is 13.5. The van der Waals surface area contributed by atoms with Crippen LogP contribution < -0.4 is 10.6 Å². The molecule has 1 atom stereocenters. The molecule has 0 aromatic heterocycles. The predicted octanol–water partition coefficient (Wildman–Crippen LogP) is 2.06. The molecule has 0 saturated heterocycles. The molecule has 1 aromatic carbocycles. The summed E-state index contributed by atoms with van der Waals surface area (Å²) >= 11 is 5.61. The first-order chi connectivity index (χ1) is 8.06. The molecule has 3 nitrogen and oxygen atoms in total. The first-order valence-electron chi connectivity index (χ1n) is 5.43. The molecule has 0 bridgehead atoms. The zero-order valence-electron chi connectivity index (χ0n) is 9.89. The summed E-state index contributed by atoms with van der Waals surface area (Å²) < 4.78 is 13.5. The highest BCUT2D eigenvalue weighted by Crippen LogP contribution is 2.17. The standard InChI is InChI=1S/C12H16ClFN2O/c1-8(6-15-2)7-16-12(17)9-4-3-5-10(13)11(9)14/h3-5,8,15H,6-7H2,1-2H3,(H,16,17). The van der Waals surface area contributed by atoms with E-state index in [4.69, 9.17) is 11.6 Å². The Morgan fingerprint density at radius 1 is 1.47 bits per heavy atom. The van der Waals surface area contributed by atoms with Crippen molar-refractivity contribution >= 4 is 17.5 Å². The lowest BCUT2D eigenvalue weighted by atomic mass is 10.1. The molecule has 0 spiro atoms. The van der Waals surface area contributed by atoms with Crippen LogP contribution in [0.5, 0.6) is 0 Å². The molecular formula is C12H16ClFN2O. The first kappa shape index (κ1) is 13.9. The average molecular weight is 259 g/mol. The zero-order chi connectivity index (χ0) is 12.8. The van der Waals surface area contributed by atoms with E-state index in [0.29, 0.717) is 6.54 Å². The van der Waals surface area contributed by atoms with E-state index in [1.807, 2.05) is 14.0 Å². The molecular weight excluding hydrogens is 243 g/mol. The van der Waals surface area contributed by atoms with Gasteiger partial charge < -0.3 is 10.6 Å². The molecule has 5 heteroatoms. The molecule has 0 aliphatic carbocycles. The van der Waals surface area contributed by atoms with Crippen LogP contribution in [0.15, 0.2) is 18.2 Å². The van der Waals surface area contributed by atoms with Crippen LogP contribution in [0, 0.1) is 11.7 Å². The molecule has 0 fully saturated rings. The predicted molar refractivity (Wildman–Crippen MR) is 66.8 cm³/mol. The SMILES string of the molecule is CNCC(C)CNC(=O)c1cccc(Cl)c1F. The largest absolute Gasteiger partial charge is 0.352 e. The van der Waals surface area contributed by atoms with Gasteiger partial charge in [-0.3, -0.25) is 4.79 Å². The average Bonchev–Trinajstić information content (AvgIpc) is 2.30. The Bertz CT molecular complexity index is 398. The van der Waals surface area contributed by atoms with Crippen molar-refractivity contribution < 1.29 is 9.18 Å². The smallest absolute Gasteiger partial charge is 0.254 e. The quantitative estimate of drug-likeness (QED) is 0.849. The number of amides is 1. The van der Waals surface area contributed by atoms with Crippen molar-refractivity contribution in [3.63, 3.8) is 0 Å². The van der Waals surface area contributed by atoms with Crippen molar-refractivity contribution in [2.45, 2.75) is 6.92 Å². The number of benzene rings is 1. The molecule has 94 valence electrons. The second-order valence-electron chi connectivity index (χ2n) is 3.97. The maximum absolute atomic E-state index is 13.5. The molecule has 1 aromatic rings. The third kappa shape index (κ3) is 3.98. The number of halogens is 2. The summed E-state index contributed by atoms with van der Waals surface area (Å²) in [7, 11) is 1.84. The van der Waals surface area contributed by atoms with Crippen molar-refractivity contribution in [2.24, 2.45) is 5.92 Å². The zero-order valence-corrected chi connectivity index (χ0v) is 10.6. The summed E-state index contributed by atoms with van der Waals surface area (Å²) in [6.45, 7) is 3.27.